The molecule has 0 radical (unpaired) electrons. The van der Waals surface area contributed by atoms with Crippen LogP contribution in [0.4, 0.5) is 0 Å². The first-order valence-corrected chi connectivity index (χ1v) is 12.8. The second-order valence-electron chi connectivity index (χ2n) is 8.51. The second kappa shape index (κ2) is 10.7. The molecule has 1 amide bonds. The molecule has 0 aliphatic heterocycles. The molecule has 0 spiro atoms. The Morgan fingerprint density at radius 2 is 1.31 bits per heavy atom. The van der Waals surface area contributed by atoms with E-state index in [9.17, 15) is 17.8 Å². The molecule has 0 heterocycles. The topological polar surface area (TPSA) is 74.7 Å². The van der Waals surface area contributed by atoms with E-state index in [2.05, 4.69) is 0 Å². The third-order valence-corrected chi connectivity index (χ3v) is 6.89. The Balaban J connectivity index is 1.58. The molecule has 35 heavy (non-hydrogen) atoms. The van der Waals surface area contributed by atoms with Crippen molar-refractivity contribution in [1.29, 1.82) is 0 Å². The van der Waals surface area contributed by atoms with Crippen LogP contribution >= 0.6 is 0 Å². The molecule has 4 aromatic rings. The molecular formula is C29H27NO4S. The van der Waals surface area contributed by atoms with Crippen molar-refractivity contribution < 1.29 is 17.8 Å². The molecule has 4 rings (SSSR count). The largest absolute Gasteiger partial charge is 0.334 e. The summed E-state index contributed by atoms with van der Waals surface area (Å²) in [6.07, 6.45) is 0.319. The summed E-state index contributed by atoms with van der Waals surface area (Å²) in [6.45, 7) is 2.91. The lowest BCUT2D eigenvalue weighted by molar-refractivity contribution is -0.131. The van der Waals surface area contributed by atoms with Gasteiger partial charge in [-0.1, -0.05) is 97.1 Å². The van der Waals surface area contributed by atoms with Gasteiger partial charge < -0.3 is 4.90 Å². The summed E-state index contributed by atoms with van der Waals surface area (Å²) in [7, 11) is -4.34. The van der Waals surface area contributed by atoms with Crippen LogP contribution < -0.4 is 0 Å². The third-order valence-electron chi connectivity index (χ3n) is 5.98. The predicted octanol–water partition coefficient (Wildman–Crippen LogP) is 5.68. The van der Waals surface area contributed by atoms with E-state index >= 15 is 0 Å². The quantitative estimate of drug-likeness (QED) is 0.326. The van der Waals surface area contributed by atoms with Crippen molar-refractivity contribution in [3.05, 3.63) is 125 Å². The average Bonchev–Trinajstić information content (AvgIpc) is 2.85. The van der Waals surface area contributed by atoms with E-state index in [0.717, 1.165) is 22.3 Å². The fraction of sp³-hybridized carbons (Fsp3) is 0.138. The normalized spacial score (nSPS) is 11.3. The van der Waals surface area contributed by atoms with Crippen molar-refractivity contribution >= 4 is 16.0 Å². The number of carbonyl (C=O) groups excluding carboxylic acids is 1. The molecule has 0 aromatic heterocycles. The standard InChI is InChI=1S/C29H27NO4S/c1-22-9-5-6-12-26(22)19-29(31)30(20-23-10-3-2-4-11-23)21-24-15-17-25(18-16-24)27-13-7-8-14-28(27)35(32,33)34/h2-18H,19-21H2,1H3,(H,32,33,34). The summed E-state index contributed by atoms with van der Waals surface area (Å²) in [5, 5.41) is 0. The van der Waals surface area contributed by atoms with Crippen LogP contribution in [0.25, 0.3) is 11.1 Å². The summed E-state index contributed by atoms with van der Waals surface area (Å²) in [5.74, 6) is 0.0314. The zero-order chi connectivity index (χ0) is 24.8. The molecule has 178 valence electrons. The highest BCUT2D eigenvalue weighted by Gasteiger charge is 2.18. The molecule has 0 aliphatic carbocycles. The Morgan fingerprint density at radius 1 is 0.743 bits per heavy atom. The number of benzene rings is 4. The Labute approximate surface area is 206 Å². The molecule has 0 unspecified atom stereocenters. The maximum absolute atomic E-state index is 13.3. The van der Waals surface area contributed by atoms with E-state index in [1.54, 1.807) is 18.2 Å². The number of hydrogen-bond donors (Lipinski definition) is 1. The Hall–Kier alpha value is -3.74. The highest BCUT2D eigenvalue weighted by Crippen LogP contribution is 2.27. The molecule has 6 heteroatoms. The monoisotopic (exact) mass is 485 g/mol. The number of rotatable bonds is 8. The van der Waals surface area contributed by atoms with Gasteiger partial charge in [0, 0.05) is 18.7 Å². The smallest absolute Gasteiger partial charge is 0.295 e. The molecule has 1 N–H and O–H groups in total. The van der Waals surface area contributed by atoms with Crippen molar-refractivity contribution in [3.8, 4) is 11.1 Å². The van der Waals surface area contributed by atoms with Gasteiger partial charge in [0.15, 0.2) is 0 Å². The first-order valence-electron chi connectivity index (χ1n) is 11.3. The summed E-state index contributed by atoms with van der Waals surface area (Å²) in [6, 6.07) is 31.5. The van der Waals surface area contributed by atoms with E-state index in [1.807, 2.05) is 90.7 Å². The number of hydrogen-bond acceptors (Lipinski definition) is 3. The molecule has 4 aromatic carbocycles. The van der Waals surface area contributed by atoms with Crippen molar-refractivity contribution in [2.45, 2.75) is 31.3 Å². The van der Waals surface area contributed by atoms with Gasteiger partial charge in [-0.05, 0) is 40.8 Å². The molecule has 0 saturated heterocycles. The lowest BCUT2D eigenvalue weighted by atomic mass is 10.0. The molecule has 0 aliphatic rings. The zero-order valence-electron chi connectivity index (χ0n) is 19.5. The highest BCUT2D eigenvalue weighted by atomic mass is 32.2. The van der Waals surface area contributed by atoms with Crippen LogP contribution in [0.5, 0.6) is 0 Å². The first-order chi connectivity index (χ1) is 16.8. The molecule has 5 nitrogen and oxygen atoms in total. The van der Waals surface area contributed by atoms with Gasteiger partial charge >= 0.3 is 0 Å². The number of aryl methyl sites for hydroxylation is 1. The average molecular weight is 486 g/mol. The summed E-state index contributed by atoms with van der Waals surface area (Å²) < 4.78 is 33.1. The van der Waals surface area contributed by atoms with Gasteiger partial charge in [0.2, 0.25) is 5.91 Å². The van der Waals surface area contributed by atoms with Crippen molar-refractivity contribution in [2.24, 2.45) is 0 Å². The van der Waals surface area contributed by atoms with E-state index in [1.165, 1.54) is 6.07 Å². The summed E-state index contributed by atoms with van der Waals surface area (Å²) in [4.78, 5) is 15.1. The van der Waals surface area contributed by atoms with Crippen LogP contribution in [-0.2, 0) is 34.4 Å². The Morgan fingerprint density at radius 3 is 1.97 bits per heavy atom. The van der Waals surface area contributed by atoms with Crippen molar-refractivity contribution in [2.75, 3.05) is 0 Å². The van der Waals surface area contributed by atoms with E-state index < -0.39 is 10.1 Å². The van der Waals surface area contributed by atoms with Crippen LogP contribution in [-0.4, -0.2) is 23.8 Å². The van der Waals surface area contributed by atoms with Gasteiger partial charge in [0.05, 0.1) is 6.42 Å². The van der Waals surface area contributed by atoms with E-state index in [0.29, 0.717) is 30.6 Å². The second-order valence-corrected chi connectivity index (χ2v) is 9.90. The fourth-order valence-corrected chi connectivity index (χ4v) is 4.77. The number of amides is 1. The zero-order valence-corrected chi connectivity index (χ0v) is 20.3. The minimum absolute atomic E-state index is 0.0314. The van der Waals surface area contributed by atoms with Crippen LogP contribution in [0.1, 0.15) is 22.3 Å². The lowest BCUT2D eigenvalue weighted by Crippen LogP contribution is -2.31. The van der Waals surface area contributed by atoms with Crippen LogP contribution in [0, 0.1) is 6.92 Å². The minimum Gasteiger partial charge on any atom is -0.334 e. The Kier molecular flexibility index (Phi) is 7.44. The lowest BCUT2D eigenvalue weighted by Gasteiger charge is -2.24. The molecule has 0 atom stereocenters. The van der Waals surface area contributed by atoms with Crippen LogP contribution in [0.15, 0.2) is 108 Å². The van der Waals surface area contributed by atoms with E-state index in [-0.39, 0.29) is 10.8 Å². The van der Waals surface area contributed by atoms with Crippen molar-refractivity contribution in [1.82, 2.24) is 4.90 Å². The maximum atomic E-state index is 13.3. The van der Waals surface area contributed by atoms with Gasteiger partial charge in [-0.2, -0.15) is 8.42 Å². The molecular weight excluding hydrogens is 458 g/mol. The van der Waals surface area contributed by atoms with Crippen molar-refractivity contribution in [3.63, 3.8) is 0 Å². The van der Waals surface area contributed by atoms with E-state index in [4.69, 9.17) is 0 Å². The Bertz CT molecular complexity index is 1410. The predicted molar refractivity (Wildman–Crippen MR) is 137 cm³/mol. The summed E-state index contributed by atoms with van der Waals surface area (Å²) >= 11 is 0. The number of carbonyl (C=O) groups is 1. The fourth-order valence-electron chi connectivity index (χ4n) is 4.06. The number of nitrogens with zero attached hydrogens (tertiary/aromatic N) is 1. The first kappa shape index (κ1) is 24.4. The van der Waals surface area contributed by atoms with Gasteiger partial charge in [0.25, 0.3) is 10.1 Å². The molecule has 0 saturated carbocycles. The van der Waals surface area contributed by atoms with Gasteiger partial charge in [0.1, 0.15) is 4.90 Å². The van der Waals surface area contributed by atoms with Crippen LogP contribution in [0.3, 0.4) is 0 Å². The third kappa shape index (κ3) is 6.23. The maximum Gasteiger partial charge on any atom is 0.295 e. The van der Waals surface area contributed by atoms with Gasteiger partial charge in [-0.25, -0.2) is 0 Å². The molecule has 0 fully saturated rings. The van der Waals surface area contributed by atoms with Gasteiger partial charge in [-0.15, -0.1) is 0 Å². The highest BCUT2D eigenvalue weighted by molar-refractivity contribution is 7.86. The van der Waals surface area contributed by atoms with Crippen LogP contribution in [0.2, 0.25) is 0 Å². The summed E-state index contributed by atoms with van der Waals surface area (Å²) in [5.41, 5.74) is 5.16. The van der Waals surface area contributed by atoms with Gasteiger partial charge in [-0.3, -0.25) is 9.35 Å². The SMILES string of the molecule is Cc1ccccc1CC(=O)N(Cc1ccccc1)Cc1ccc(-c2ccccc2S(=O)(=O)O)cc1. The molecule has 0 bridgehead atoms. The minimum atomic E-state index is -4.34.